The fourth-order valence-electron chi connectivity index (χ4n) is 1.60. The van der Waals surface area contributed by atoms with Crippen LogP contribution >= 0.6 is 0 Å². The minimum Gasteiger partial charge on any atom is -0.301 e. The van der Waals surface area contributed by atoms with Crippen LogP contribution in [0.1, 0.15) is 34.1 Å². The van der Waals surface area contributed by atoms with Crippen LogP contribution in [-0.2, 0) is 4.84 Å². The molecule has 1 heterocycles. The Hall–Kier alpha value is -0.120. The molecule has 1 saturated heterocycles. The average molecular weight is 200 g/mol. The predicted octanol–water partition coefficient (Wildman–Crippen LogP) is 1.74. The van der Waals surface area contributed by atoms with Crippen LogP contribution in [0.3, 0.4) is 0 Å². The summed E-state index contributed by atoms with van der Waals surface area (Å²) < 4.78 is 0. The van der Waals surface area contributed by atoms with Crippen LogP contribution in [0, 0.1) is 0 Å². The molecule has 3 nitrogen and oxygen atoms in total. The average Bonchev–Trinajstić information content (AvgIpc) is 2.52. The van der Waals surface area contributed by atoms with Crippen molar-refractivity contribution in [2.45, 2.75) is 52.3 Å². The first-order valence-electron chi connectivity index (χ1n) is 5.64. The van der Waals surface area contributed by atoms with E-state index in [1.54, 1.807) is 0 Å². The summed E-state index contributed by atoms with van der Waals surface area (Å²) in [5.74, 6) is 0. The minimum atomic E-state index is 0.393. The van der Waals surface area contributed by atoms with E-state index in [9.17, 15) is 0 Å². The van der Waals surface area contributed by atoms with E-state index >= 15 is 0 Å². The SMILES string of the molecule is CC(C)N(C)CC1CCN(C(C)C)O1. The molecule has 1 atom stereocenters. The standard InChI is InChI=1S/C11H24N2O/c1-9(2)12(5)8-11-6-7-13(14-11)10(3)4/h9-11H,6-8H2,1-5H3. The third kappa shape index (κ3) is 3.23. The molecule has 1 unspecified atom stereocenters. The molecule has 3 heteroatoms. The third-order valence-electron chi connectivity index (χ3n) is 2.91. The second-order valence-corrected chi connectivity index (χ2v) is 4.78. The largest absolute Gasteiger partial charge is 0.301 e. The summed E-state index contributed by atoms with van der Waals surface area (Å²) in [5, 5.41) is 2.10. The van der Waals surface area contributed by atoms with Crippen LogP contribution in [0.5, 0.6) is 0 Å². The van der Waals surface area contributed by atoms with Crippen molar-refractivity contribution in [3.63, 3.8) is 0 Å². The number of hydroxylamine groups is 2. The molecule has 0 aromatic carbocycles. The lowest BCUT2D eigenvalue weighted by Gasteiger charge is -2.25. The smallest absolute Gasteiger partial charge is 0.0932 e. The van der Waals surface area contributed by atoms with Gasteiger partial charge in [-0.05, 0) is 41.2 Å². The molecule has 1 aliphatic rings. The van der Waals surface area contributed by atoms with Gasteiger partial charge in [-0.1, -0.05) is 0 Å². The lowest BCUT2D eigenvalue weighted by Crippen LogP contribution is -2.35. The zero-order valence-corrected chi connectivity index (χ0v) is 10.2. The Morgan fingerprint density at radius 2 is 2.00 bits per heavy atom. The molecule has 0 aromatic rings. The van der Waals surface area contributed by atoms with Gasteiger partial charge in [0, 0.05) is 25.2 Å². The number of hydrogen-bond acceptors (Lipinski definition) is 3. The molecule has 0 bridgehead atoms. The van der Waals surface area contributed by atoms with Gasteiger partial charge in [-0.25, -0.2) is 0 Å². The molecule has 14 heavy (non-hydrogen) atoms. The summed E-state index contributed by atoms with van der Waals surface area (Å²) in [4.78, 5) is 8.18. The molecule has 0 spiro atoms. The molecule has 1 fully saturated rings. The molecule has 84 valence electrons. The highest BCUT2D eigenvalue weighted by Crippen LogP contribution is 2.17. The summed E-state index contributed by atoms with van der Waals surface area (Å²) in [6.07, 6.45) is 1.56. The van der Waals surface area contributed by atoms with Gasteiger partial charge < -0.3 is 4.90 Å². The molecular weight excluding hydrogens is 176 g/mol. The summed E-state index contributed by atoms with van der Waals surface area (Å²) in [6, 6.07) is 1.11. The van der Waals surface area contributed by atoms with E-state index in [4.69, 9.17) is 4.84 Å². The molecule has 1 aliphatic heterocycles. The summed E-state index contributed by atoms with van der Waals surface area (Å²) in [7, 11) is 2.16. The highest BCUT2D eigenvalue weighted by molar-refractivity contribution is 4.72. The Labute approximate surface area is 88.0 Å². The molecule has 0 amide bonds. The minimum absolute atomic E-state index is 0.393. The van der Waals surface area contributed by atoms with Gasteiger partial charge >= 0.3 is 0 Å². The van der Waals surface area contributed by atoms with Crippen LogP contribution < -0.4 is 0 Å². The highest BCUT2D eigenvalue weighted by atomic mass is 16.7. The fourth-order valence-corrected chi connectivity index (χ4v) is 1.60. The van der Waals surface area contributed by atoms with Crippen LogP contribution in [0.15, 0.2) is 0 Å². The molecule has 0 radical (unpaired) electrons. The van der Waals surface area contributed by atoms with Crippen LogP contribution in [0.25, 0.3) is 0 Å². The Morgan fingerprint density at radius 1 is 1.36 bits per heavy atom. The van der Waals surface area contributed by atoms with Crippen molar-refractivity contribution in [3.8, 4) is 0 Å². The van der Waals surface area contributed by atoms with E-state index in [0.29, 0.717) is 18.2 Å². The van der Waals surface area contributed by atoms with Crippen molar-refractivity contribution in [3.05, 3.63) is 0 Å². The normalized spacial score (nSPS) is 24.4. The first-order valence-corrected chi connectivity index (χ1v) is 5.64. The number of rotatable bonds is 4. The highest BCUT2D eigenvalue weighted by Gasteiger charge is 2.26. The second kappa shape index (κ2) is 5.10. The van der Waals surface area contributed by atoms with Gasteiger partial charge in [0.25, 0.3) is 0 Å². The first-order chi connectivity index (χ1) is 6.50. The monoisotopic (exact) mass is 200 g/mol. The maximum absolute atomic E-state index is 5.84. The quantitative estimate of drug-likeness (QED) is 0.687. The lowest BCUT2D eigenvalue weighted by molar-refractivity contribution is -0.168. The molecule has 0 aliphatic carbocycles. The molecule has 0 saturated carbocycles. The van der Waals surface area contributed by atoms with Crippen molar-refractivity contribution in [2.24, 2.45) is 0 Å². The second-order valence-electron chi connectivity index (χ2n) is 4.78. The van der Waals surface area contributed by atoms with Gasteiger partial charge in [0.15, 0.2) is 0 Å². The first kappa shape index (κ1) is 12.0. The van der Waals surface area contributed by atoms with E-state index in [2.05, 4.69) is 44.7 Å². The molecular formula is C11H24N2O. The molecule has 0 N–H and O–H groups in total. The summed E-state index contributed by atoms with van der Waals surface area (Å²) in [5.41, 5.74) is 0. The van der Waals surface area contributed by atoms with Gasteiger partial charge in [0.05, 0.1) is 6.10 Å². The van der Waals surface area contributed by atoms with Gasteiger partial charge in [-0.3, -0.25) is 4.84 Å². The Balaban J connectivity index is 2.29. The van der Waals surface area contributed by atoms with Crippen LogP contribution in [0.4, 0.5) is 0 Å². The number of likely N-dealkylation sites (N-methyl/N-ethyl adjacent to an activating group) is 1. The Morgan fingerprint density at radius 3 is 2.43 bits per heavy atom. The fraction of sp³-hybridized carbons (Fsp3) is 1.00. The van der Waals surface area contributed by atoms with Crippen molar-refractivity contribution in [2.75, 3.05) is 20.1 Å². The van der Waals surface area contributed by atoms with Crippen LogP contribution in [-0.4, -0.2) is 48.3 Å². The zero-order chi connectivity index (χ0) is 10.7. The van der Waals surface area contributed by atoms with Crippen molar-refractivity contribution < 1.29 is 4.84 Å². The van der Waals surface area contributed by atoms with Gasteiger partial charge in [-0.2, -0.15) is 5.06 Å². The maximum atomic E-state index is 5.84. The van der Waals surface area contributed by atoms with E-state index in [1.165, 1.54) is 0 Å². The van der Waals surface area contributed by atoms with Crippen molar-refractivity contribution in [1.82, 2.24) is 9.96 Å². The predicted molar refractivity (Wildman–Crippen MR) is 59.1 cm³/mol. The number of nitrogens with zero attached hydrogens (tertiary/aromatic N) is 2. The van der Waals surface area contributed by atoms with Crippen molar-refractivity contribution in [1.29, 1.82) is 0 Å². The third-order valence-corrected chi connectivity index (χ3v) is 2.91. The van der Waals surface area contributed by atoms with Gasteiger partial charge in [0.2, 0.25) is 0 Å². The van der Waals surface area contributed by atoms with E-state index in [-0.39, 0.29) is 0 Å². The lowest BCUT2D eigenvalue weighted by atomic mass is 10.2. The molecule has 1 rings (SSSR count). The zero-order valence-electron chi connectivity index (χ0n) is 10.2. The van der Waals surface area contributed by atoms with E-state index in [1.807, 2.05) is 0 Å². The maximum Gasteiger partial charge on any atom is 0.0932 e. The van der Waals surface area contributed by atoms with Gasteiger partial charge in [0.1, 0.15) is 0 Å². The molecule has 0 aromatic heterocycles. The van der Waals surface area contributed by atoms with Gasteiger partial charge in [-0.15, -0.1) is 0 Å². The van der Waals surface area contributed by atoms with Crippen LogP contribution in [0.2, 0.25) is 0 Å². The van der Waals surface area contributed by atoms with Crippen molar-refractivity contribution >= 4 is 0 Å². The Kier molecular flexibility index (Phi) is 4.35. The topological polar surface area (TPSA) is 15.7 Å². The summed E-state index contributed by atoms with van der Waals surface area (Å²) >= 11 is 0. The Bertz CT molecular complexity index is 171. The summed E-state index contributed by atoms with van der Waals surface area (Å²) in [6.45, 7) is 10.9. The number of hydrogen-bond donors (Lipinski definition) is 0. The van der Waals surface area contributed by atoms with E-state index < -0.39 is 0 Å². The van der Waals surface area contributed by atoms with E-state index in [0.717, 1.165) is 19.5 Å².